The summed E-state index contributed by atoms with van der Waals surface area (Å²) in [4.78, 5) is 12.5. The number of halogens is 1. The number of aryl methyl sites for hydroxylation is 1. The monoisotopic (exact) mass is 464 g/mol. The van der Waals surface area contributed by atoms with E-state index in [-0.39, 0.29) is 0 Å². The zero-order chi connectivity index (χ0) is 23.2. The molecule has 0 spiro atoms. The van der Waals surface area contributed by atoms with Gasteiger partial charge in [0.05, 0.1) is 0 Å². The fourth-order valence-corrected chi connectivity index (χ4v) is 5.15. The van der Waals surface area contributed by atoms with Gasteiger partial charge in [0.25, 0.3) is 10.0 Å². The Kier molecular flexibility index (Phi) is 5.09. The van der Waals surface area contributed by atoms with Crippen molar-refractivity contribution in [1.82, 2.24) is 14.5 Å². The number of pyridine rings is 1. The lowest BCUT2D eigenvalue weighted by molar-refractivity contribution is 0.570. The minimum atomic E-state index is -4.09. The number of benzene rings is 2. The average molecular weight is 465 g/mol. The van der Waals surface area contributed by atoms with Crippen molar-refractivity contribution in [3.63, 3.8) is 0 Å². The van der Waals surface area contributed by atoms with E-state index in [0.717, 1.165) is 53.1 Å². The van der Waals surface area contributed by atoms with E-state index in [1.165, 1.54) is 18.2 Å². The van der Waals surface area contributed by atoms with Crippen LogP contribution in [0.1, 0.15) is 5.56 Å². The molecule has 5 rings (SSSR count). The van der Waals surface area contributed by atoms with Crippen molar-refractivity contribution in [1.29, 1.82) is 0 Å². The van der Waals surface area contributed by atoms with Gasteiger partial charge in [-0.2, -0.15) is 4.98 Å². The van der Waals surface area contributed by atoms with Gasteiger partial charge in [-0.05, 0) is 48.4 Å². The highest BCUT2D eigenvalue weighted by molar-refractivity contribution is 7.92. The second-order valence-corrected chi connectivity index (χ2v) is 9.37. The maximum absolute atomic E-state index is 14.1. The molecule has 10 heteroatoms. The van der Waals surface area contributed by atoms with Crippen LogP contribution in [0.2, 0.25) is 0 Å². The van der Waals surface area contributed by atoms with E-state index < -0.39 is 20.7 Å². The Bertz CT molecular complexity index is 1530. The molecule has 3 aliphatic rings. The molecule has 0 saturated carbocycles. The molecule has 8 nitrogen and oxygen atoms in total. The Labute approximate surface area is 190 Å². The Hall–Kier alpha value is -3.79. The third-order valence-corrected chi connectivity index (χ3v) is 7.01. The van der Waals surface area contributed by atoms with Gasteiger partial charge in [-0.1, -0.05) is 18.2 Å². The molecular weight excluding hydrogens is 443 g/mol. The van der Waals surface area contributed by atoms with Crippen molar-refractivity contribution < 1.29 is 12.8 Å². The highest BCUT2D eigenvalue weighted by Gasteiger charge is 2.24. The number of nitrogens with one attached hydrogen (secondary N) is 2. The number of anilines is 2. The van der Waals surface area contributed by atoms with Crippen LogP contribution in [0.3, 0.4) is 0 Å². The molecule has 2 aromatic rings. The summed E-state index contributed by atoms with van der Waals surface area (Å²) in [6.07, 6.45) is 1.74. The van der Waals surface area contributed by atoms with Crippen LogP contribution in [0, 0.1) is 12.7 Å². The molecule has 3 aliphatic heterocycles. The van der Waals surface area contributed by atoms with Crippen molar-refractivity contribution in [2.45, 2.75) is 18.4 Å². The van der Waals surface area contributed by atoms with Crippen LogP contribution < -0.4 is 15.7 Å². The minimum Gasteiger partial charge on any atom is -0.369 e. The van der Waals surface area contributed by atoms with Gasteiger partial charge >= 0.3 is 0 Å². The molecule has 0 atom stereocenters. The molecular formula is C23H21FN6O2S. The van der Waals surface area contributed by atoms with E-state index in [4.69, 9.17) is 0 Å². The lowest BCUT2D eigenvalue weighted by Crippen LogP contribution is -2.17. The molecule has 2 N–H and O–H groups in total. The maximum Gasteiger partial charge on any atom is 0.264 e. The summed E-state index contributed by atoms with van der Waals surface area (Å²) in [5, 5.41) is 3.41. The third-order valence-electron chi connectivity index (χ3n) is 5.60. The lowest BCUT2D eigenvalue weighted by Gasteiger charge is -2.19. The molecule has 33 heavy (non-hydrogen) atoms. The normalized spacial score (nSPS) is 13.7. The number of rotatable bonds is 4. The van der Waals surface area contributed by atoms with Crippen molar-refractivity contribution in [2.24, 2.45) is 4.99 Å². The molecule has 0 radical (unpaired) electrons. The summed E-state index contributed by atoms with van der Waals surface area (Å²) in [6.45, 7) is 3.43. The Morgan fingerprint density at radius 2 is 1.97 bits per heavy atom. The van der Waals surface area contributed by atoms with E-state index in [0.29, 0.717) is 11.3 Å². The second-order valence-electron chi connectivity index (χ2n) is 7.72. The highest BCUT2D eigenvalue weighted by Crippen LogP contribution is 2.39. The van der Waals surface area contributed by atoms with E-state index in [1.54, 1.807) is 25.4 Å². The standard InChI is InChI=1S/C23H21FN6O2S/c1-14-7-8-16(29-33(31,32)20-6-4-3-5-19(20)24)12-17(14)18-11-15-13-27-23(25-2)28-21(15)30-10-9-26-22(18)30/h3-8,11-13,26,29H,9-10H2,1-2H3. The summed E-state index contributed by atoms with van der Waals surface area (Å²) in [7, 11) is -2.44. The summed E-state index contributed by atoms with van der Waals surface area (Å²) < 4.78 is 44.2. The molecule has 0 fully saturated rings. The molecule has 0 amide bonds. The van der Waals surface area contributed by atoms with Gasteiger partial charge in [-0.3, -0.25) is 9.71 Å². The molecule has 0 unspecified atom stereocenters. The zero-order valence-corrected chi connectivity index (χ0v) is 18.8. The predicted octanol–water partition coefficient (Wildman–Crippen LogP) is 3.25. The summed E-state index contributed by atoms with van der Waals surface area (Å²) >= 11 is 0. The van der Waals surface area contributed by atoms with Crippen LogP contribution in [0.25, 0.3) is 22.5 Å². The highest BCUT2D eigenvalue weighted by atomic mass is 32.2. The molecule has 0 bridgehead atoms. The number of fused-ring (bicyclic) bond motifs is 3. The van der Waals surface area contributed by atoms with Gasteiger partial charge in [0.1, 0.15) is 22.4 Å². The first-order chi connectivity index (χ1) is 15.9. The Morgan fingerprint density at radius 3 is 2.76 bits per heavy atom. The first-order valence-electron chi connectivity index (χ1n) is 10.3. The first-order valence-corrected chi connectivity index (χ1v) is 11.8. The molecule has 0 aliphatic carbocycles. The molecule has 0 saturated heterocycles. The van der Waals surface area contributed by atoms with Gasteiger partial charge < -0.3 is 9.88 Å². The molecule has 3 heterocycles. The summed E-state index contributed by atoms with van der Waals surface area (Å²) in [5.74, 6) is 0.868. The van der Waals surface area contributed by atoms with Gasteiger partial charge in [-0.15, -0.1) is 0 Å². The Balaban J connectivity index is 1.63. The number of sulfonamides is 1. The molecule has 2 aromatic carbocycles. The van der Waals surface area contributed by atoms with Crippen molar-refractivity contribution in [2.75, 3.05) is 23.6 Å². The van der Waals surface area contributed by atoms with Crippen LogP contribution >= 0.6 is 0 Å². The van der Waals surface area contributed by atoms with Crippen molar-refractivity contribution >= 4 is 21.5 Å². The van der Waals surface area contributed by atoms with Crippen molar-refractivity contribution in [3.05, 3.63) is 71.7 Å². The quantitative estimate of drug-likeness (QED) is 0.483. The van der Waals surface area contributed by atoms with Gasteiger partial charge in [-0.25, -0.2) is 17.8 Å². The van der Waals surface area contributed by atoms with Gasteiger partial charge in [0.15, 0.2) is 0 Å². The van der Waals surface area contributed by atoms with Crippen LogP contribution in [0.4, 0.5) is 15.9 Å². The summed E-state index contributed by atoms with van der Waals surface area (Å²) in [6, 6.07) is 12.5. The first kappa shape index (κ1) is 21.1. The fourth-order valence-electron chi connectivity index (χ4n) is 4.02. The minimum absolute atomic E-state index is 0.340. The largest absolute Gasteiger partial charge is 0.369 e. The predicted molar refractivity (Wildman–Crippen MR) is 124 cm³/mol. The number of aromatic nitrogens is 3. The maximum atomic E-state index is 14.1. The third kappa shape index (κ3) is 3.72. The summed E-state index contributed by atoms with van der Waals surface area (Å²) in [5.41, 5.74) is 4.30. The van der Waals surface area contributed by atoms with E-state index >= 15 is 0 Å². The van der Waals surface area contributed by atoms with Crippen molar-refractivity contribution in [3.8, 4) is 22.5 Å². The van der Waals surface area contributed by atoms with E-state index in [2.05, 4.69) is 29.6 Å². The fraction of sp³-hybridized carbons (Fsp3) is 0.174. The smallest absolute Gasteiger partial charge is 0.264 e. The topological polar surface area (TPSA) is 101 Å². The van der Waals surface area contributed by atoms with Crippen LogP contribution in [-0.2, 0) is 16.6 Å². The van der Waals surface area contributed by atoms with E-state index in [1.807, 2.05) is 19.1 Å². The Morgan fingerprint density at radius 1 is 1.15 bits per heavy atom. The van der Waals surface area contributed by atoms with E-state index in [9.17, 15) is 12.8 Å². The number of hydrogen-bond acceptors (Lipinski definition) is 6. The lowest BCUT2D eigenvalue weighted by atomic mass is 9.98. The van der Waals surface area contributed by atoms with Gasteiger partial charge in [0.2, 0.25) is 5.62 Å². The number of nitrogens with zero attached hydrogens (tertiary/aromatic N) is 4. The second kappa shape index (κ2) is 7.96. The zero-order valence-electron chi connectivity index (χ0n) is 18.0. The van der Waals surface area contributed by atoms with Gasteiger partial charge in [0, 0.05) is 43.1 Å². The van der Waals surface area contributed by atoms with Crippen LogP contribution in [0.5, 0.6) is 0 Å². The van der Waals surface area contributed by atoms with Crippen LogP contribution in [-0.4, -0.2) is 36.5 Å². The number of hydrogen-bond donors (Lipinski definition) is 2. The average Bonchev–Trinajstić information content (AvgIpc) is 3.30. The van der Waals surface area contributed by atoms with Crippen LogP contribution in [0.15, 0.2) is 64.6 Å². The molecule has 0 aromatic heterocycles. The molecule has 168 valence electrons. The SMILES string of the molecule is CN=c1ncc2cc(-c3cc(NS(=O)(=O)c4ccccc4F)ccc3C)c3n(c-2n1)CCN3.